The van der Waals surface area contributed by atoms with Crippen LogP contribution in [0.25, 0.3) is 44.2 Å². The molecular formula is C57H49BN2O. The van der Waals surface area contributed by atoms with Crippen LogP contribution in [0.2, 0.25) is 0 Å². The molecule has 0 N–H and O–H groups in total. The molecule has 0 saturated heterocycles. The molecular weight excluding hydrogens is 739 g/mol. The van der Waals surface area contributed by atoms with Gasteiger partial charge in [0.1, 0.15) is 11.2 Å². The Morgan fingerprint density at radius 2 is 1.02 bits per heavy atom. The number of hydrogen-bond acceptors (Lipinski definition) is 3. The minimum Gasteiger partial charge on any atom is -0.455 e. The summed E-state index contributed by atoms with van der Waals surface area (Å²) < 4.78 is 6.49. The van der Waals surface area contributed by atoms with E-state index in [-0.39, 0.29) is 17.5 Å². The number of benzene rings is 8. The number of rotatable bonds is 4. The minimum absolute atomic E-state index is 0.0152. The molecule has 8 aromatic carbocycles. The number of anilines is 6. The van der Waals surface area contributed by atoms with Gasteiger partial charge in [0, 0.05) is 50.5 Å². The van der Waals surface area contributed by atoms with Crippen molar-refractivity contribution in [3.05, 3.63) is 187 Å². The molecule has 2 aliphatic rings. The lowest BCUT2D eigenvalue weighted by atomic mass is 9.33. The van der Waals surface area contributed by atoms with Crippen molar-refractivity contribution in [3.8, 4) is 22.3 Å². The molecule has 11 rings (SSSR count). The van der Waals surface area contributed by atoms with Crippen LogP contribution >= 0.6 is 0 Å². The number of para-hydroxylation sites is 2. The van der Waals surface area contributed by atoms with E-state index in [4.69, 9.17) is 4.42 Å². The van der Waals surface area contributed by atoms with Crippen molar-refractivity contribution in [2.45, 2.75) is 59.3 Å². The topological polar surface area (TPSA) is 19.6 Å². The first-order chi connectivity index (χ1) is 29.4. The number of nitrogens with zero attached hydrogens (tertiary/aromatic N) is 2. The van der Waals surface area contributed by atoms with Crippen LogP contribution in [-0.4, -0.2) is 6.71 Å². The fourth-order valence-electron chi connectivity index (χ4n) is 9.82. The van der Waals surface area contributed by atoms with Gasteiger partial charge < -0.3 is 14.2 Å². The number of fused-ring (bicyclic) bond motifs is 7. The van der Waals surface area contributed by atoms with Crippen molar-refractivity contribution in [2.75, 3.05) is 9.80 Å². The van der Waals surface area contributed by atoms with Gasteiger partial charge in [0.15, 0.2) is 0 Å². The second-order valence-corrected chi connectivity index (χ2v) is 19.1. The Balaban J connectivity index is 1.13. The van der Waals surface area contributed by atoms with Crippen LogP contribution in [0.1, 0.15) is 58.2 Å². The zero-order valence-electron chi connectivity index (χ0n) is 36.0. The van der Waals surface area contributed by atoms with Crippen LogP contribution in [0.15, 0.2) is 174 Å². The summed E-state index contributed by atoms with van der Waals surface area (Å²) in [5, 5.41) is 2.29. The molecule has 0 fully saturated rings. The van der Waals surface area contributed by atoms with E-state index in [9.17, 15) is 0 Å². The zero-order chi connectivity index (χ0) is 41.8. The molecule has 3 nitrogen and oxygen atoms in total. The second kappa shape index (κ2) is 13.6. The van der Waals surface area contributed by atoms with Crippen molar-refractivity contribution in [2.24, 2.45) is 0 Å². The fourth-order valence-corrected chi connectivity index (χ4v) is 9.82. The summed E-state index contributed by atoms with van der Waals surface area (Å²) in [4.78, 5) is 5.05. The van der Waals surface area contributed by atoms with Gasteiger partial charge in [-0.15, -0.1) is 0 Å². The van der Waals surface area contributed by atoms with Gasteiger partial charge in [-0.05, 0) is 122 Å². The Morgan fingerprint density at radius 1 is 0.443 bits per heavy atom. The molecule has 61 heavy (non-hydrogen) atoms. The van der Waals surface area contributed by atoms with E-state index in [1.54, 1.807) is 0 Å². The summed E-state index contributed by atoms with van der Waals surface area (Å²) >= 11 is 0. The van der Waals surface area contributed by atoms with Gasteiger partial charge in [-0.3, -0.25) is 0 Å². The van der Waals surface area contributed by atoms with E-state index >= 15 is 0 Å². The van der Waals surface area contributed by atoms with Crippen LogP contribution in [0.3, 0.4) is 0 Å². The summed E-state index contributed by atoms with van der Waals surface area (Å²) in [7, 11) is 0. The predicted octanol–water partition coefficient (Wildman–Crippen LogP) is 13.9. The zero-order valence-corrected chi connectivity index (χ0v) is 36.0. The summed E-state index contributed by atoms with van der Waals surface area (Å²) in [6.45, 7) is 16.2. The maximum atomic E-state index is 6.49. The second-order valence-electron chi connectivity index (χ2n) is 19.1. The predicted molar refractivity (Wildman–Crippen MR) is 261 cm³/mol. The number of hydrogen-bond donors (Lipinski definition) is 0. The Morgan fingerprint density at radius 3 is 1.70 bits per heavy atom. The SMILES string of the molecule is Cc1cc2c3c(c1)N(c1ccc(-c4ccccc4)cc1)c1cc(C(C)(C)C)ccc1B3c1cc(C(C)(C)C)ccc1N2c1ccc(-c2cccc3c2oc2ccccc23)cc1. The van der Waals surface area contributed by atoms with E-state index in [1.807, 2.05) is 6.07 Å². The highest BCUT2D eigenvalue weighted by atomic mass is 16.3. The molecule has 0 amide bonds. The first-order valence-electron chi connectivity index (χ1n) is 21.6. The Kier molecular flexibility index (Phi) is 8.32. The lowest BCUT2D eigenvalue weighted by molar-refractivity contribution is 0.590. The van der Waals surface area contributed by atoms with E-state index < -0.39 is 0 Å². The third-order valence-corrected chi connectivity index (χ3v) is 13.0. The van der Waals surface area contributed by atoms with Gasteiger partial charge in [0.05, 0.1) is 0 Å². The van der Waals surface area contributed by atoms with Gasteiger partial charge >= 0.3 is 0 Å². The highest BCUT2D eigenvalue weighted by Gasteiger charge is 2.44. The normalized spacial score (nSPS) is 13.4. The van der Waals surface area contributed by atoms with Crippen molar-refractivity contribution >= 4 is 79.2 Å². The summed E-state index contributed by atoms with van der Waals surface area (Å²) in [6.07, 6.45) is 0. The standard InChI is InChI=1S/C57H49BN2O/c1-36-32-51-54-52(33-36)60(43-26-20-38(21-27-43)37-14-9-8-10-15-37)50-35-41(57(5,6)7)24-30-47(50)58(54)48-34-40(56(2,3)4)25-31-49(48)59(51)42-28-22-39(23-29-42)44-17-13-18-46-45-16-11-12-19-53(45)61-55(44)46/h8-35H,1-7H3. The Hall–Kier alpha value is -6.78. The van der Waals surface area contributed by atoms with Crippen LogP contribution in [0.5, 0.6) is 0 Å². The molecule has 0 radical (unpaired) electrons. The molecule has 0 atom stereocenters. The molecule has 296 valence electrons. The Labute approximate surface area is 360 Å². The maximum absolute atomic E-state index is 6.49. The number of aryl methyl sites for hydroxylation is 1. The number of furan rings is 1. The van der Waals surface area contributed by atoms with Crippen molar-refractivity contribution in [1.82, 2.24) is 0 Å². The average molecular weight is 789 g/mol. The quantitative estimate of drug-likeness (QED) is 0.166. The molecule has 0 bridgehead atoms. The molecule has 2 aliphatic heterocycles. The third kappa shape index (κ3) is 6.03. The fraction of sp³-hybridized carbons (Fsp3) is 0.158. The van der Waals surface area contributed by atoms with Crippen molar-refractivity contribution in [3.63, 3.8) is 0 Å². The van der Waals surface area contributed by atoms with Gasteiger partial charge in [-0.2, -0.15) is 0 Å². The maximum Gasteiger partial charge on any atom is 0.252 e. The molecule has 0 unspecified atom stereocenters. The summed E-state index contributed by atoms with van der Waals surface area (Å²) in [5.41, 5.74) is 21.6. The first-order valence-corrected chi connectivity index (χ1v) is 21.6. The van der Waals surface area contributed by atoms with Gasteiger partial charge in [-0.25, -0.2) is 0 Å². The van der Waals surface area contributed by atoms with Crippen LogP contribution in [0.4, 0.5) is 34.1 Å². The van der Waals surface area contributed by atoms with E-state index in [0.717, 1.165) is 44.4 Å². The van der Waals surface area contributed by atoms with E-state index in [0.29, 0.717) is 0 Å². The van der Waals surface area contributed by atoms with Crippen LogP contribution in [0, 0.1) is 6.92 Å². The Bertz CT molecular complexity index is 3170. The highest BCUT2D eigenvalue weighted by Crippen LogP contribution is 2.46. The molecule has 1 aromatic heterocycles. The van der Waals surface area contributed by atoms with Crippen LogP contribution < -0.4 is 26.2 Å². The monoisotopic (exact) mass is 788 g/mol. The van der Waals surface area contributed by atoms with Gasteiger partial charge in [0.25, 0.3) is 6.71 Å². The molecule has 0 aliphatic carbocycles. The molecule has 9 aromatic rings. The van der Waals surface area contributed by atoms with Gasteiger partial charge in [0.2, 0.25) is 0 Å². The molecule has 0 saturated carbocycles. The van der Waals surface area contributed by atoms with Crippen molar-refractivity contribution in [1.29, 1.82) is 0 Å². The van der Waals surface area contributed by atoms with E-state index in [2.05, 4.69) is 222 Å². The van der Waals surface area contributed by atoms with Crippen LogP contribution in [-0.2, 0) is 10.8 Å². The highest BCUT2D eigenvalue weighted by molar-refractivity contribution is 7.00. The smallest absolute Gasteiger partial charge is 0.252 e. The van der Waals surface area contributed by atoms with Gasteiger partial charge in [-0.1, -0.05) is 157 Å². The third-order valence-electron chi connectivity index (χ3n) is 13.0. The minimum atomic E-state index is -0.0182. The van der Waals surface area contributed by atoms with Crippen molar-refractivity contribution < 1.29 is 4.42 Å². The molecule has 3 heterocycles. The molecule has 4 heteroatoms. The largest absolute Gasteiger partial charge is 0.455 e. The first kappa shape index (κ1) is 37.2. The average Bonchev–Trinajstić information content (AvgIpc) is 3.65. The summed E-state index contributed by atoms with van der Waals surface area (Å²) in [5.74, 6) is 0. The molecule has 0 spiro atoms. The lowest BCUT2D eigenvalue weighted by Gasteiger charge is -2.45. The summed E-state index contributed by atoms with van der Waals surface area (Å²) in [6, 6.07) is 63.0. The lowest BCUT2D eigenvalue weighted by Crippen LogP contribution is -2.61. The van der Waals surface area contributed by atoms with E-state index in [1.165, 1.54) is 67.0 Å².